The molecule has 0 radical (unpaired) electrons. The summed E-state index contributed by atoms with van der Waals surface area (Å²) >= 11 is 0. The minimum absolute atomic E-state index is 0.117. The summed E-state index contributed by atoms with van der Waals surface area (Å²) in [6.07, 6.45) is 1.69. The summed E-state index contributed by atoms with van der Waals surface area (Å²) in [5, 5.41) is 3.89. The van der Waals surface area contributed by atoms with Crippen LogP contribution < -0.4 is 5.73 Å². The van der Waals surface area contributed by atoms with E-state index in [1.807, 2.05) is 39.0 Å². The first kappa shape index (κ1) is 11.7. The molecule has 0 amide bonds. The van der Waals surface area contributed by atoms with E-state index in [9.17, 15) is 0 Å². The lowest BCUT2D eigenvalue weighted by Gasteiger charge is -2.23. The van der Waals surface area contributed by atoms with Crippen LogP contribution in [0, 0.1) is 5.41 Å². The molecule has 0 spiro atoms. The summed E-state index contributed by atoms with van der Waals surface area (Å²) in [7, 11) is 0. The third-order valence-electron chi connectivity index (χ3n) is 2.53. The Morgan fingerprint density at radius 3 is 2.65 bits per heavy atom. The topological polar surface area (TPSA) is 77.8 Å². The second-order valence-electron chi connectivity index (χ2n) is 5.01. The van der Waals surface area contributed by atoms with E-state index in [4.69, 9.17) is 10.3 Å². The zero-order valence-corrected chi connectivity index (χ0v) is 10.2. The van der Waals surface area contributed by atoms with Crippen LogP contribution in [0.2, 0.25) is 0 Å². The molecule has 0 aromatic carbocycles. The molecule has 0 aliphatic carbocycles. The molecule has 0 aliphatic heterocycles. The standard InChI is InChI=1S/C12H16N4O/c1-12(2,3)9(13)11-15-10(16-17-11)8-6-4-5-7-14-8/h4-7,9H,13H2,1-3H3/t9-/m1/s1. The largest absolute Gasteiger partial charge is 0.337 e. The average molecular weight is 232 g/mol. The van der Waals surface area contributed by atoms with Gasteiger partial charge in [0.1, 0.15) is 5.69 Å². The first-order valence-electron chi connectivity index (χ1n) is 5.49. The molecule has 0 saturated carbocycles. The van der Waals surface area contributed by atoms with E-state index in [-0.39, 0.29) is 11.5 Å². The van der Waals surface area contributed by atoms with Crippen molar-refractivity contribution in [3.8, 4) is 11.5 Å². The van der Waals surface area contributed by atoms with Crippen LogP contribution in [0.15, 0.2) is 28.9 Å². The fraction of sp³-hybridized carbons (Fsp3) is 0.417. The molecule has 5 heteroatoms. The van der Waals surface area contributed by atoms with E-state index in [1.165, 1.54) is 0 Å². The van der Waals surface area contributed by atoms with Crippen LogP contribution in [0.4, 0.5) is 0 Å². The highest BCUT2D eigenvalue weighted by molar-refractivity contribution is 5.47. The molecule has 90 valence electrons. The second-order valence-corrected chi connectivity index (χ2v) is 5.01. The highest BCUT2D eigenvalue weighted by atomic mass is 16.5. The molecule has 2 aromatic rings. The Bertz CT molecular complexity index is 487. The molecule has 5 nitrogen and oxygen atoms in total. The van der Waals surface area contributed by atoms with Gasteiger partial charge in [-0.25, -0.2) is 0 Å². The van der Waals surface area contributed by atoms with E-state index in [0.29, 0.717) is 17.4 Å². The Balaban J connectivity index is 2.28. The zero-order valence-electron chi connectivity index (χ0n) is 10.2. The van der Waals surface area contributed by atoms with E-state index in [2.05, 4.69) is 15.1 Å². The number of hydrogen-bond donors (Lipinski definition) is 1. The predicted molar refractivity (Wildman–Crippen MR) is 63.9 cm³/mol. The monoisotopic (exact) mass is 232 g/mol. The van der Waals surface area contributed by atoms with Crippen LogP contribution in [-0.4, -0.2) is 15.1 Å². The smallest absolute Gasteiger partial charge is 0.244 e. The molecular formula is C12H16N4O. The highest BCUT2D eigenvalue weighted by Crippen LogP contribution is 2.30. The number of nitrogens with zero attached hydrogens (tertiary/aromatic N) is 3. The third kappa shape index (κ3) is 2.50. The Morgan fingerprint density at radius 1 is 1.29 bits per heavy atom. The van der Waals surface area contributed by atoms with Gasteiger partial charge in [0, 0.05) is 6.20 Å². The van der Waals surface area contributed by atoms with Crippen molar-refractivity contribution in [2.75, 3.05) is 0 Å². The van der Waals surface area contributed by atoms with Crippen molar-refractivity contribution in [3.63, 3.8) is 0 Å². The van der Waals surface area contributed by atoms with Crippen LogP contribution in [0.1, 0.15) is 32.7 Å². The summed E-state index contributed by atoms with van der Waals surface area (Å²) in [4.78, 5) is 8.44. The van der Waals surface area contributed by atoms with Gasteiger partial charge in [-0.15, -0.1) is 0 Å². The molecule has 0 saturated heterocycles. The van der Waals surface area contributed by atoms with E-state index in [0.717, 1.165) is 0 Å². The maximum absolute atomic E-state index is 6.05. The van der Waals surface area contributed by atoms with E-state index >= 15 is 0 Å². The summed E-state index contributed by atoms with van der Waals surface area (Å²) in [6, 6.07) is 5.26. The summed E-state index contributed by atoms with van der Waals surface area (Å²) in [6.45, 7) is 6.09. The molecular weight excluding hydrogens is 216 g/mol. The average Bonchev–Trinajstić information content (AvgIpc) is 2.77. The van der Waals surface area contributed by atoms with Gasteiger partial charge in [0.05, 0.1) is 6.04 Å². The zero-order chi connectivity index (χ0) is 12.5. The van der Waals surface area contributed by atoms with Gasteiger partial charge in [-0.3, -0.25) is 4.98 Å². The van der Waals surface area contributed by atoms with Gasteiger partial charge < -0.3 is 10.3 Å². The normalized spacial score (nSPS) is 13.6. The summed E-state index contributed by atoms with van der Waals surface area (Å²) in [5.74, 6) is 0.915. The minimum atomic E-state index is -0.285. The van der Waals surface area contributed by atoms with Gasteiger partial charge in [0.25, 0.3) is 0 Å². The lowest BCUT2D eigenvalue weighted by molar-refractivity contribution is 0.253. The number of pyridine rings is 1. The Labute approximate surface area is 100 Å². The predicted octanol–water partition coefficient (Wildman–Crippen LogP) is 2.18. The minimum Gasteiger partial charge on any atom is -0.337 e. The van der Waals surface area contributed by atoms with Crippen LogP contribution >= 0.6 is 0 Å². The fourth-order valence-electron chi connectivity index (χ4n) is 1.33. The molecule has 0 fully saturated rings. The van der Waals surface area contributed by atoms with Crippen molar-refractivity contribution >= 4 is 0 Å². The maximum atomic E-state index is 6.05. The van der Waals surface area contributed by atoms with Crippen molar-refractivity contribution in [1.82, 2.24) is 15.1 Å². The van der Waals surface area contributed by atoms with Crippen molar-refractivity contribution in [3.05, 3.63) is 30.3 Å². The third-order valence-corrected chi connectivity index (χ3v) is 2.53. The number of nitrogens with two attached hydrogens (primary N) is 1. The molecule has 2 heterocycles. The molecule has 2 rings (SSSR count). The maximum Gasteiger partial charge on any atom is 0.244 e. The van der Waals surface area contributed by atoms with Gasteiger partial charge in [-0.05, 0) is 17.5 Å². The van der Waals surface area contributed by atoms with Crippen molar-refractivity contribution in [2.45, 2.75) is 26.8 Å². The van der Waals surface area contributed by atoms with Crippen LogP contribution in [0.3, 0.4) is 0 Å². The lowest BCUT2D eigenvalue weighted by atomic mass is 9.87. The number of aromatic nitrogens is 3. The molecule has 2 aromatic heterocycles. The van der Waals surface area contributed by atoms with E-state index in [1.54, 1.807) is 6.20 Å². The van der Waals surface area contributed by atoms with Crippen LogP contribution in [0.25, 0.3) is 11.5 Å². The van der Waals surface area contributed by atoms with Gasteiger partial charge in [0.15, 0.2) is 0 Å². The van der Waals surface area contributed by atoms with Crippen LogP contribution in [-0.2, 0) is 0 Å². The molecule has 0 unspecified atom stereocenters. The van der Waals surface area contributed by atoms with E-state index < -0.39 is 0 Å². The molecule has 0 bridgehead atoms. The van der Waals surface area contributed by atoms with Gasteiger partial charge >= 0.3 is 0 Å². The molecule has 1 atom stereocenters. The SMILES string of the molecule is CC(C)(C)[C@H](N)c1nc(-c2ccccn2)no1. The molecule has 2 N–H and O–H groups in total. The number of rotatable bonds is 2. The first-order valence-corrected chi connectivity index (χ1v) is 5.49. The lowest BCUT2D eigenvalue weighted by Crippen LogP contribution is -2.26. The fourth-order valence-corrected chi connectivity index (χ4v) is 1.33. The molecule has 17 heavy (non-hydrogen) atoms. The van der Waals surface area contributed by atoms with Crippen molar-refractivity contribution < 1.29 is 4.52 Å². The first-order chi connectivity index (χ1) is 7.98. The number of hydrogen-bond acceptors (Lipinski definition) is 5. The quantitative estimate of drug-likeness (QED) is 0.858. The Morgan fingerprint density at radius 2 is 2.06 bits per heavy atom. The Kier molecular flexibility index (Phi) is 2.93. The van der Waals surface area contributed by atoms with Gasteiger partial charge in [-0.2, -0.15) is 4.98 Å². The summed E-state index contributed by atoms with van der Waals surface area (Å²) in [5.41, 5.74) is 6.61. The molecule has 0 aliphatic rings. The Hall–Kier alpha value is -1.75. The van der Waals surface area contributed by atoms with Gasteiger partial charge in [0.2, 0.25) is 11.7 Å². The van der Waals surface area contributed by atoms with Crippen molar-refractivity contribution in [2.24, 2.45) is 11.1 Å². The second kappa shape index (κ2) is 4.25. The van der Waals surface area contributed by atoms with Gasteiger partial charge in [-0.1, -0.05) is 32.0 Å². The van der Waals surface area contributed by atoms with Crippen molar-refractivity contribution in [1.29, 1.82) is 0 Å². The summed E-state index contributed by atoms with van der Waals surface area (Å²) < 4.78 is 5.18. The van der Waals surface area contributed by atoms with Crippen LogP contribution in [0.5, 0.6) is 0 Å². The highest BCUT2D eigenvalue weighted by Gasteiger charge is 2.27.